The number of carbonyl (C=O) groups excluding carboxylic acids is 1. The van der Waals surface area contributed by atoms with Crippen LogP contribution >= 0.6 is 0 Å². The summed E-state index contributed by atoms with van der Waals surface area (Å²) in [6.07, 6.45) is 2.89. The van der Waals surface area contributed by atoms with E-state index < -0.39 is 0 Å². The molecule has 2 aromatic carbocycles. The van der Waals surface area contributed by atoms with Crippen molar-refractivity contribution in [3.63, 3.8) is 0 Å². The van der Waals surface area contributed by atoms with E-state index in [1.54, 1.807) is 43.5 Å². The van der Waals surface area contributed by atoms with Crippen molar-refractivity contribution in [3.8, 4) is 5.75 Å². The summed E-state index contributed by atoms with van der Waals surface area (Å²) in [6.45, 7) is 0.456. The summed E-state index contributed by atoms with van der Waals surface area (Å²) in [5, 5.41) is 5.78. The van der Waals surface area contributed by atoms with Crippen molar-refractivity contribution in [2.75, 3.05) is 17.7 Å². The topological polar surface area (TPSA) is 76.1 Å². The number of rotatable bonds is 6. The summed E-state index contributed by atoms with van der Waals surface area (Å²) in [6, 6.07) is 13.2. The number of benzene rings is 2. The van der Waals surface area contributed by atoms with Gasteiger partial charge in [0.25, 0.3) is 5.91 Å². The first-order valence-electron chi connectivity index (χ1n) is 7.90. The van der Waals surface area contributed by atoms with Crippen molar-refractivity contribution in [3.05, 3.63) is 77.9 Å². The Morgan fingerprint density at radius 1 is 1.04 bits per heavy atom. The molecule has 0 bridgehead atoms. The van der Waals surface area contributed by atoms with E-state index in [-0.39, 0.29) is 11.7 Å². The third-order valence-corrected chi connectivity index (χ3v) is 3.63. The Balaban J connectivity index is 1.57. The fourth-order valence-electron chi connectivity index (χ4n) is 2.20. The van der Waals surface area contributed by atoms with Gasteiger partial charge in [0.2, 0.25) is 5.95 Å². The first kappa shape index (κ1) is 17.3. The van der Waals surface area contributed by atoms with E-state index in [0.29, 0.717) is 29.5 Å². The third-order valence-electron chi connectivity index (χ3n) is 3.63. The second kappa shape index (κ2) is 8.06. The normalized spacial score (nSPS) is 10.2. The van der Waals surface area contributed by atoms with Crippen LogP contribution in [0.25, 0.3) is 0 Å². The smallest absolute Gasteiger partial charge is 0.258 e. The Hall–Kier alpha value is -3.48. The maximum Gasteiger partial charge on any atom is 0.258 e. The van der Waals surface area contributed by atoms with Gasteiger partial charge in [-0.1, -0.05) is 12.1 Å². The van der Waals surface area contributed by atoms with Crippen LogP contribution in [0, 0.1) is 5.82 Å². The Morgan fingerprint density at radius 2 is 1.69 bits per heavy atom. The van der Waals surface area contributed by atoms with E-state index in [9.17, 15) is 9.18 Å². The molecule has 6 nitrogen and oxygen atoms in total. The van der Waals surface area contributed by atoms with Gasteiger partial charge in [-0.05, 0) is 42.0 Å². The average Bonchev–Trinajstić information content (AvgIpc) is 2.68. The van der Waals surface area contributed by atoms with Gasteiger partial charge in [0.05, 0.1) is 12.7 Å². The van der Waals surface area contributed by atoms with E-state index in [2.05, 4.69) is 20.6 Å². The number of anilines is 2. The third kappa shape index (κ3) is 4.54. The molecule has 0 spiro atoms. The number of ether oxygens (including phenoxy) is 1. The van der Waals surface area contributed by atoms with Crippen LogP contribution in [0.3, 0.4) is 0 Å². The van der Waals surface area contributed by atoms with Crippen LogP contribution in [0.15, 0.2) is 60.9 Å². The minimum Gasteiger partial charge on any atom is -0.497 e. The van der Waals surface area contributed by atoms with E-state index in [1.807, 2.05) is 0 Å². The first-order valence-corrected chi connectivity index (χ1v) is 7.90. The van der Waals surface area contributed by atoms with E-state index in [0.717, 1.165) is 5.56 Å². The molecule has 3 rings (SSSR count). The molecule has 2 N–H and O–H groups in total. The van der Waals surface area contributed by atoms with Gasteiger partial charge in [-0.15, -0.1) is 0 Å². The number of carbonyl (C=O) groups is 1. The number of nitrogens with one attached hydrogen (secondary N) is 2. The molecule has 0 aliphatic heterocycles. The van der Waals surface area contributed by atoms with Crippen molar-refractivity contribution in [1.82, 2.24) is 9.97 Å². The molecular weight excluding hydrogens is 335 g/mol. The minimum absolute atomic E-state index is 0.280. The molecule has 0 unspecified atom stereocenters. The second-order valence-electron chi connectivity index (χ2n) is 5.46. The summed E-state index contributed by atoms with van der Waals surface area (Å²) in [7, 11) is 1.58. The summed E-state index contributed by atoms with van der Waals surface area (Å²) < 4.78 is 17.9. The lowest BCUT2D eigenvalue weighted by atomic mass is 10.2. The Kier molecular flexibility index (Phi) is 5.38. The lowest BCUT2D eigenvalue weighted by Crippen LogP contribution is -2.13. The minimum atomic E-state index is -0.305. The van der Waals surface area contributed by atoms with Gasteiger partial charge in [-0.2, -0.15) is 0 Å². The van der Waals surface area contributed by atoms with Crippen LogP contribution in [0.4, 0.5) is 16.0 Å². The maximum atomic E-state index is 12.9. The number of amides is 1. The standard InChI is InChI=1S/C19H17FN4O2/c1-26-17-8-6-16(7-9-17)24-18(25)14-11-22-19(23-12-14)21-10-13-2-4-15(20)5-3-13/h2-9,11-12H,10H2,1H3,(H,24,25)(H,21,22,23). The van der Waals surface area contributed by atoms with Crippen molar-refractivity contribution >= 4 is 17.5 Å². The summed E-state index contributed by atoms with van der Waals surface area (Å²) >= 11 is 0. The largest absolute Gasteiger partial charge is 0.497 e. The van der Waals surface area contributed by atoms with Crippen molar-refractivity contribution < 1.29 is 13.9 Å². The quantitative estimate of drug-likeness (QED) is 0.710. The van der Waals surface area contributed by atoms with E-state index >= 15 is 0 Å². The van der Waals surface area contributed by atoms with Gasteiger partial charge in [0.15, 0.2) is 0 Å². The number of aromatic nitrogens is 2. The van der Waals surface area contributed by atoms with Gasteiger partial charge >= 0.3 is 0 Å². The fraction of sp³-hybridized carbons (Fsp3) is 0.105. The number of hydrogen-bond donors (Lipinski definition) is 2. The zero-order valence-corrected chi connectivity index (χ0v) is 14.1. The van der Waals surface area contributed by atoms with Crippen LogP contribution in [-0.2, 0) is 6.54 Å². The Labute approximate surface area is 150 Å². The maximum absolute atomic E-state index is 12.9. The zero-order chi connectivity index (χ0) is 18.4. The Bertz CT molecular complexity index is 866. The average molecular weight is 352 g/mol. The first-order chi connectivity index (χ1) is 12.6. The molecule has 3 aromatic rings. The van der Waals surface area contributed by atoms with Crippen molar-refractivity contribution in [2.24, 2.45) is 0 Å². The van der Waals surface area contributed by atoms with E-state index in [1.165, 1.54) is 24.5 Å². The molecule has 0 atom stereocenters. The summed E-state index contributed by atoms with van der Waals surface area (Å²) in [4.78, 5) is 20.5. The van der Waals surface area contributed by atoms with Gasteiger partial charge in [0, 0.05) is 24.6 Å². The highest BCUT2D eigenvalue weighted by Gasteiger charge is 2.08. The predicted molar refractivity (Wildman–Crippen MR) is 96.7 cm³/mol. The highest BCUT2D eigenvalue weighted by Crippen LogP contribution is 2.16. The fourth-order valence-corrected chi connectivity index (χ4v) is 2.20. The monoisotopic (exact) mass is 352 g/mol. The van der Waals surface area contributed by atoms with Crippen LogP contribution < -0.4 is 15.4 Å². The molecule has 132 valence electrons. The SMILES string of the molecule is COc1ccc(NC(=O)c2cnc(NCc3ccc(F)cc3)nc2)cc1. The summed E-state index contributed by atoms with van der Waals surface area (Å²) in [5.41, 5.74) is 1.89. The lowest BCUT2D eigenvalue weighted by Gasteiger charge is -2.07. The molecule has 0 radical (unpaired) electrons. The molecule has 0 aliphatic rings. The highest BCUT2D eigenvalue weighted by molar-refractivity contribution is 6.03. The molecule has 1 heterocycles. The lowest BCUT2D eigenvalue weighted by molar-refractivity contribution is 0.102. The van der Waals surface area contributed by atoms with Crippen molar-refractivity contribution in [2.45, 2.75) is 6.54 Å². The number of hydrogen-bond acceptors (Lipinski definition) is 5. The molecule has 26 heavy (non-hydrogen) atoms. The molecule has 0 aliphatic carbocycles. The van der Waals surface area contributed by atoms with Crippen LogP contribution in [-0.4, -0.2) is 23.0 Å². The molecule has 1 amide bonds. The van der Waals surface area contributed by atoms with Crippen molar-refractivity contribution in [1.29, 1.82) is 0 Å². The van der Waals surface area contributed by atoms with Gasteiger partial charge in [-0.25, -0.2) is 14.4 Å². The highest BCUT2D eigenvalue weighted by atomic mass is 19.1. The number of nitrogens with zero attached hydrogens (tertiary/aromatic N) is 2. The number of methoxy groups -OCH3 is 1. The molecule has 0 saturated carbocycles. The van der Waals surface area contributed by atoms with Crippen LogP contribution in [0.2, 0.25) is 0 Å². The van der Waals surface area contributed by atoms with Gasteiger partial charge < -0.3 is 15.4 Å². The Morgan fingerprint density at radius 3 is 2.31 bits per heavy atom. The molecule has 0 fully saturated rings. The molecule has 1 aromatic heterocycles. The van der Waals surface area contributed by atoms with Crippen LogP contribution in [0.1, 0.15) is 15.9 Å². The predicted octanol–water partition coefficient (Wildman–Crippen LogP) is 3.49. The molecule has 7 heteroatoms. The zero-order valence-electron chi connectivity index (χ0n) is 14.1. The second-order valence-corrected chi connectivity index (χ2v) is 5.46. The van der Waals surface area contributed by atoms with Gasteiger partial charge in [-0.3, -0.25) is 4.79 Å². The molecule has 0 saturated heterocycles. The molecular formula is C19H17FN4O2. The summed E-state index contributed by atoms with van der Waals surface area (Å²) in [5.74, 6) is 0.510. The van der Waals surface area contributed by atoms with Crippen LogP contribution in [0.5, 0.6) is 5.75 Å². The van der Waals surface area contributed by atoms with E-state index in [4.69, 9.17) is 4.74 Å². The van der Waals surface area contributed by atoms with Gasteiger partial charge in [0.1, 0.15) is 11.6 Å². The number of halogens is 1.